The molecule has 0 bridgehead atoms. The molecule has 0 amide bonds. The molecule has 1 nitrogen and oxygen atoms in total. The van der Waals surface area contributed by atoms with E-state index >= 15 is 0 Å². The lowest BCUT2D eigenvalue weighted by molar-refractivity contribution is 1.38. The van der Waals surface area contributed by atoms with Crippen LogP contribution in [0, 0.1) is 20.8 Å². The Bertz CT molecular complexity index is 527. The van der Waals surface area contributed by atoms with Crippen molar-refractivity contribution in [1.29, 1.82) is 0 Å². The lowest BCUT2D eigenvalue weighted by Gasteiger charge is -2.11. The second kappa shape index (κ2) is 4.01. The van der Waals surface area contributed by atoms with Gasteiger partial charge in [0.15, 0.2) is 0 Å². The highest BCUT2D eigenvalue weighted by Gasteiger charge is 2.05. The maximum absolute atomic E-state index is 6.00. The lowest BCUT2D eigenvalue weighted by atomic mass is 9.96. The SMILES string of the molecule is Cc1cccc(-c2cc(C)cc(N)c2C)c1. The summed E-state index contributed by atoms with van der Waals surface area (Å²) in [5, 5.41) is 0. The average molecular weight is 211 g/mol. The molecule has 2 N–H and O–H groups in total. The van der Waals surface area contributed by atoms with E-state index in [1.165, 1.54) is 22.3 Å². The van der Waals surface area contributed by atoms with Crippen molar-refractivity contribution >= 4 is 5.69 Å². The van der Waals surface area contributed by atoms with Gasteiger partial charge >= 0.3 is 0 Å². The zero-order valence-corrected chi connectivity index (χ0v) is 10.0. The van der Waals surface area contributed by atoms with Crippen LogP contribution in [0.4, 0.5) is 5.69 Å². The molecular weight excluding hydrogens is 194 g/mol. The summed E-state index contributed by atoms with van der Waals surface area (Å²) in [5.41, 5.74) is 13.0. The van der Waals surface area contributed by atoms with Crippen LogP contribution in [0.3, 0.4) is 0 Å². The highest BCUT2D eigenvalue weighted by Crippen LogP contribution is 2.29. The highest BCUT2D eigenvalue weighted by molar-refractivity contribution is 5.74. The minimum Gasteiger partial charge on any atom is -0.398 e. The van der Waals surface area contributed by atoms with E-state index in [1.807, 2.05) is 6.07 Å². The standard InChI is InChI=1S/C15H17N/c1-10-5-4-6-13(7-10)14-8-11(2)9-15(16)12(14)3/h4-9H,16H2,1-3H3. The number of nitrogens with two attached hydrogens (primary N) is 1. The predicted molar refractivity (Wildman–Crippen MR) is 70.5 cm³/mol. The van der Waals surface area contributed by atoms with Crippen molar-refractivity contribution in [1.82, 2.24) is 0 Å². The third kappa shape index (κ3) is 1.94. The van der Waals surface area contributed by atoms with Crippen LogP contribution >= 0.6 is 0 Å². The lowest BCUT2D eigenvalue weighted by Crippen LogP contribution is -1.94. The van der Waals surface area contributed by atoms with Crippen LogP contribution in [-0.4, -0.2) is 0 Å². The van der Waals surface area contributed by atoms with Gasteiger partial charge in [-0.2, -0.15) is 0 Å². The molecule has 0 aliphatic rings. The van der Waals surface area contributed by atoms with Crippen LogP contribution in [-0.2, 0) is 0 Å². The molecule has 0 aromatic heterocycles. The average Bonchev–Trinajstić information content (AvgIpc) is 2.23. The molecule has 0 fully saturated rings. The molecule has 0 heterocycles. The van der Waals surface area contributed by atoms with E-state index in [-0.39, 0.29) is 0 Å². The molecule has 0 unspecified atom stereocenters. The number of hydrogen-bond acceptors (Lipinski definition) is 1. The van der Waals surface area contributed by atoms with Gasteiger partial charge in [-0.15, -0.1) is 0 Å². The second-order valence-corrected chi connectivity index (χ2v) is 4.40. The highest BCUT2D eigenvalue weighted by atomic mass is 14.6. The van der Waals surface area contributed by atoms with Crippen molar-refractivity contribution in [2.75, 3.05) is 5.73 Å². The van der Waals surface area contributed by atoms with Crippen molar-refractivity contribution in [3.8, 4) is 11.1 Å². The molecule has 0 atom stereocenters. The van der Waals surface area contributed by atoms with Crippen LogP contribution in [0.25, 0.3) is 11.1 Å². The third-order valence-electron chi connectivity index (χ3n) is 2.92. The molecule has 0 spiro atoms. The smallest absolute Gasteiger partial charge is 0.0352 e. The summed E-state index contributed by atoms with van der Waals surface area (Å²) in [6, 6.07) is 12.7. The molecule has 2 aromatic rings. The summed E-state index contributed by atoms with van der Waals surface area (Å²) in [6.45, 7) is 6.26. The molecular formula is C15H17N. The van der Waals surface area contributed by atoms with Crippen LogP contribution in [0.2, 0.25) is 0 Å². The summed E-state index contributed by atoms with van der Waals surface area (Å²) in [6.07, 6.45) is 0. The van der Waals surface area contributed by atoms with Crippen molar-refractivity contribution in [3.05, 3.63) is 53.1 Å². The third-order valence-corrected chi connectivity index (χ3v) is 2.92. The van der Waals surface area contributed by atoms with E-state index in [2.05, 4.69) is 51.1 Å². The van der Waals surface area contributed by atoms with Crippen molar-refractivity contribution in [2.45, 2.75) is 20.8 Å². The quantitative estimate of drug-likeness (QED) is 0.712. The van der Waals surface area contributed by atoms with Crippen LogP contribution in [0.15, 0.2) is 36.4 Å². The van der Waals surface area contributed by atoms with Gasteiger partial charge in [0.25, 0.3) is 0 Å². The van der Waals surface area contributed by atoms with Gasteiger partial charge in [-0.3, -0.25) is 0 Å². The fourth-order valence-electron chi connectivity index (χ4n) is 2.00. The van der Waals surface area contributed by atoms with Crippen molar-refractivity contribution < 1.29 is 0 Å². The van der Waals surface area contributed by atoms with Gasteiger partial charge < -0.3 is 5.73 Å². The van der Waals surface area contributed by atoms with Crippen LogP contribution < -0.4 is 5.73 Å². The number of anilines is 1. The molecule has 16 heavy (non-hydrogen) atoms. The molecule has 0 radical (unpaired) electrons. The maximum Gasteiger partial charge on any atom is 0.0352 e. The molecule has 0 saturated carbocycles. The zero-order chi connectivity index (χ0) is 11.7. The topological polar surface area (TPSA) is 26.0 Å². The minimum absolute atomic E-state index is 0.872. The Morgan fingerprint density at radius 2 is 1.62 bits per heavy atom. The number of nitrogen functional groups attached to an aromatic ring is 1. The molecule has 0 saturated heterocycles. The Morgan fingerprint density at radius 1 is 0.875 bits per heavy atom. The Morgan fingerprint density at radius 3 is 2.31 bits per heavy atom. The van der Waals surface area contributed by atoms with Gasteiger partial charge in [0.05, 0.1) is 0 Å². The van der Waals surface area contributed by atoms with Crippen LogP contribution in [0.5, 0.6) is 0 Å². The number of rotatable bonds is 1. The Labute approximate surface area is 96.9 Å². The monoisotopic (exact) mass is 211 g/mol. The Balaban J connectivity index is 2.64. The van der Waals surface area contributed by atoms with Crippen LogP contribution in [0.1, 0.15) is 16.7 Å². The van der Waals surface area contributed by atoms with E-state index in [0.717, 1.165) is 11.3 Å². The first-order valence-electron chi connectivity index (χ1n) is 5.51. The first-order valence-corrected chi connectivity index (χ1v) is 5.51. The fourth-order valence-corrected chi connectivity index (χ4v) is 2.00. The molecule has 0 aliphatic carbocycles. The second-order valence-electron chi connectivity index (χ2n) is 4.40. The molecule has 0 aliphatic heterocycles. The minimum atomic E-state index is 0.872. The first kappa shape index (κ1) is 10.7. The Hall–Kier alpha value is -1.76. The summed E-state index contributed by atoms with van der Waals surface area (Å²) in [5.74, 6) is 0. The van der Waals surface area contributed by atoms with Gasteiger partial charge in [-0.1, -0.05) is 35.9 Å². The molecule has 82 valence electrons. The summed E-state index contributed by atoms with van der Waals surface area (Å²) >= 11 is 0. The first-order chi connectivity index (χ1) is 7.58. The fraction of sp³-hybridized carbons (Fsp3) is 0.200. The predicted octanol–water partition coefficient (Wildman–Crippen LogP) is 3.86. The van der Waals surface area contributed by atoms with E-state index in [1.54, 1.807) is 0 Å². The largest absolute Gasteiger partial charge is 0.398 e. The maximum atomic E-state index is 6.00. The summed E-state index contributed by atoms with van der Waals surface area (Å²) in [7, 11) is 0. The molecule has 1 heteroatoms. The molecule has 2 aromatic carbocycles. The molecule has 2 rings (SSSR count). The summed E-state index contributed by atoms with van der Waals surface area (Å²) < 4.78 is 0. The van der Waals surface area contributed by atoms with E-state index in [4.69, 9.17) is 5.73 Å². The number of aryl methyl sites for hydroxylation is 2. The van der Waals surface area contributed by atoms with Gasteiger partial charge in [0.2, 0.25) is 0 Å². The summed E-state index contributed by atoms with van der Waals surface area (Å²) in [4.78, 5) is 0. The van der Waals surface area contributed by atoms with Gasteiger partial charge in [-0.25, -0.2) is 0 Å². The van der Waals surface area contributed by atoms with E-state index in [0.29, 0.717) is 0 Å². The van der Waals surface area contributed by atoms with E-state index < -0.39 is 0 Å². The van der Waals surface area contributed by atoms with Gasteiger partial charge in [0.1, 0.15) is 0 Å². The van der Waals surface area contributed by atoms with Gasteiger partial charge in [0, 0.05) is 5.69 Å². The van der Waals surface area contributed by atoms with Gasteiger partial charge in [-0.05, 0) is 49.1 Å². The number of benzene rings is 2. The Kier molecular flexibility index (Phi) is 2.69. The van der Waals surface area contributed by atoms with Crippen molar-refractivity contribution in [2.24, 2.45) is 0 Å². The normalized spacial score (nSPS) is 10.4. The zero-order valence-electron chi connectivity index (χ0n) is 10.0. The van der Waals surface area contributed by atoms with E-state index in [9.17, 15) is 0 Å². The number of hydrogen-bond donors (Lipinski definition) is 1. The van der Waals surface area contributed by atoms with Crippen molar-refractivity contribution in [3.63, 3.8) is 0 Å².